The van der Waals surface area contributed by atoms with E-state index >= 15 is 0 Å². The van der Waals surface area contributed by atoms with Crippen LogP contribution in [0.4, 0.5) is 0 Å². The fourth-order valence-corrected chi connectivity index (χ4v) is 2.18. The second-order valence-electron chi connectivity index (χ2n) is 4.34. The number of pyridine rings is 1. The molecule has 0 amide bonds. The highest BCUT2D eigenvalue weighted by molar-refractivity contribution is 5.72. The Morgan fingerprint density at radius 1 is 1.05 bits per heavy atom. The minimum absolute atomic E-state index is 0.308. The van der Waals surface area contributed by atoms with Gasteiger partial charge in [-0.25, -0.2) is 0 Å². The fourth-order valence-electron chi connectivity index (χ4n) is 2.18. The van der Waals surface area contributed by atoms with Gasteiger partial charge in [-0.05, 0) is 17.7 Å². The van der Waals surface area contributed by atoms with Crippen molar-refractivity contribution in [3.8, 4) is 17.0 Å². The largest absolute Gasteiger partial charge is 0.425 e. The maximum absolute atomic E-state index is 11.0. The van der Waals surface area contributed by atoms with Gasteiger partial charge in [-0.2, -0.15) is 0 Å². The van der Waals surface area contributed by atoms with E-state index in [0.717, 1.165) is 16.8 Å². The van der Waals surface area contributed by atoms with Crippen LogP contribution < -0.4 is 4.74 Å². The summed E-state index contributed by atoms with van der Waals surface area (Å²) in [5.41, 5.74) is 3.19. The van der Waals surface area contributed by atoms with Crippen LogP contribution in [0.5, 0.6) is 5.75 Å². The van der Waals surface area contributed by atoms with E-state index in [1.54, 1.807) is 0 Å². The zero-order valence-electron chi connectivity index (χ0n) is 10.5. The van der Waals surface area contributed by atoms with Gasteiger partial charge in [0.15, 0.2) is 0 Å². The summed E-state index contributed by atoms with van der Waals surface area (Å²) in [5, 5.41) is 0. The predicted octanol–water partition coefficient (Wildman–Crippen LogP) is 3.53. The fraction of sp³-hybridized carbons (Fsp3) is 0.0625. The molecule has 3 rings (SSSR count). The quantitative estimate of drug-likeness (QED) is 0.652. The summed E-state index contributed by atoms with van der Waals surface area (Å²) in [6.07, 6.45) is 1.83. The molecule has 0 aliphatic carbocycles. The molecular formula is C16H13NO2. The number of ether oxygens (including phenoxy) is 1. The van der Waals surface area contributed by atoms with Gasteiger partial charge in [-0.15, -0.1) is 0 Å². The van der Waals surface area contributed by atoms with Gasteiger partial charge in [-0.1, -0.05) is 36.4 Å². The van der Waals surface area contributed by atoms with Crippen LogP contribution in [-0.2, 0) is 4.79 Å². The monoisotopic (exact) mass is 251 g/mol. The lowest BCUT2D eigenvalue weighted by atomic mass is 10.1. The first kappa shape index (κ1) is 11.5. The highest BCUT2D eigenvalue weighted by atomic mass is 16.5. The van der Waals surface area contributed by atoms with E-state index in [4.69, 9.17) is 4.74 Å². The Hall–Kier alpha value is -2.55. The Bertz CT molecular complexity index is 729. The summed E-state index contributed by atoms with van der Waals surface area (Å²) in [6, 6.07) is 18.0. The molecule has 94 valence electrons. The molecule has 0 fully saturated rings. The van der Waals surface area contributed by atoms with E-state index in [1.807, 2.05) is 53.1 Å². The first-order valence-corrected chi connectivity index (χ1v) is 6.09. The van der Waals surface area contributed by atoms with Crippen LogP contribution in [0.2, 0.25) is 0 Å². The molecule has 0 unspecified atom stereocenters. The highest BCUT2D eigenvalue weighted by Crippen LogP contribution is 2.25. The van der Waals surface area contributed by atoms with Gasteiger partial charge in [0.25, 0.3) is 0 Å². The van der Waals surface area contributed by atoms with Crippen molar-refractivity contribution in [3.63, 3.8) is 0 Å². The molecule has 0 N–H and O–H groups in total. The zero-order chi connectivity index (χ0) is 13.2. The van der Waals surface area contributed by atoms with Crippen molar-refractivity contribution in [2.75, 3.05) is 0 Å². The van der Waals surface area contributed by atoms with Gasteiger partial charge in [0.05, 0.1) is 11.9 Å². The number of esters is 1. The minimum Gasteiger partial charge on any atom is -0.425 e. The molecule has 0 aliphatic heterocycles. The molecule has 3 aromatic rings. The van der Waals surface area contributed by atoms with Crippen molar-refractivity contribution < 1.29 is 9.53 Å². The Kier molecular flexibility index (Phi) is 2.80. The van der Waals surface area contributed by atoms with Gasteiger partial charge < -0.3 is 9.14 Å². The number of hydrogen-bond acceptors (Lipinski definition) is 2. The number of aromatic nitrogens is 1. The molecule has 0 saturated carbocycles. The van der Waals surface area contributed by atoms with Gasteiger partial charge in [0.1, 0.15) is 5.75 Å². The molecule has 0 aliphatic rings. The normalized spacial score (nSPS) is 10.6. The number of carbonyl (C=O) groups excluding carboxylic acids is 1. The summed E-state index contributed by atoms with van der Waals surface area (Å²) in [6.45, 7) is 1.40. The smallest absolute Gasteiger partial charge is 0.308 e. The SMILES string of the molecule is CC(=O)Oc1cc2cccc(-c3ccccc3)n2c1. The first-order valence-electron chi connectivity index (χ1n) is 6.09. The van der Waals surface area contributed by atoms with Crippen LogP contribution in [0.25, 0.3) is 16.8 Å². The number of fused-ring (bicyclic) bond motifs is 1. The number of nitrogens with zero attached hydrogens (tertiary/aromatic N) is 1. The lowest BCUT2D eigenvalue weighted by Gasteiger charge is -2.05. The molecule has 0 atom stereocenters. The second kappa shape index (κ2) is 4.61. The van der Waals surface area contributed by atoms with Crippen LogP contribution in [0, 0.1) is 0 Å². The van der Waals surface area contributed by atoms with Gasteiger partial charge in [0.2, 0.25) is 0 Å². The summed E-state index contributed by atoms with van der Waals surface area (Å²) in [4.78, 5) is 11.0. The van der Waals surface area contributed by atoms with Crippen molar-refractivity contribution in [1.29, 1.82) is 0 Å². The van der Waals surface area contributed by atoms with Crippen molar-refractivity contribution in [1.82, 2.24) is 4.40 Å². The molecule has 0 radical (unpaired) electrons. The number of hydrogen-bond donors (Lipinski definition) is 0. The van der Waals surface area contributed by atoms with Gasteiger partial charge in [-0.3, -0.25) is 4.79 Å². The lowest BCUT2D eigenvalue weighted by molar-refractivity contribution is -0.131. The van der Waals surface area contributed by atoms with E-state index < -0.39 is 0 Å². The third-order valence-electron chi connectivity index (χ3n) is 2.94. The Labute approximate surface area is 111 Å². The summed E-state index contributed by atoms with van der Waals surface area (Å²) in [7, 11) is 0. The highest BCUT2D eigenvalue weighted by Gasteiger charge is 2.07. The molecule has 0 saturated heterocycles. The van der Waals surface area contributed by atoms with Crippen LogP contribution in [0.3, 0.4) is 0 Å². The molecule has 0 spiro atoms. The molecule has 19 heavy (non-hydrogen) atoms. The van der Waals surface area contributed by atoms with Crippen molar-refractivity contribution >= 4 is 11.5 Å². The molecule has 2 heterocycles. The summed E-state index contributed by atoms with van der Waals surface area (Å²) < 4.78 is 7.15. The maximum atomic E-state index is 11.0. The predicted molar refractivity (Wildman–Crippen MR) is 74.1 cm³/mol. The van der Waals surface area contributed by atoms with E-state index in [2.05, 4.69) is 12.1 Å². The van der Waals surface area contributed by atoms with Crippen molar-refractivity contribution in [2.24, 2.45) is 0 Å². The molecule has 0 bridgehead atoms. The average molecular weight is 251 g/mol. The van der Waals surface area contributed by atoms with Crippen molar-refractivity contribution in [3.05, 3.63) is 60.8 Å². The average Bonchev–Trinajstić information content (AvgIpc) is 2.80. The Morgan fingerprint density at radius 3 is 2.58 bits per heavy atom. The van der Waals surface area contributed by atoms with Gasteiger partial charge in [0, 0.05) is 18.5 Å². The maximum Gasteiger partial charge on any atom is 0.308 e. The van der Waals surface area contributed by atoms with Gasteiger partial charge >= 0.3 is 5.97 Å². The second-order valence-corrected chi connectivity index (χ2v) is 4.34. The Morgan fingerprint density at radius 2 is 1.84 bits per heavy atom. The third-order valence-corrected chi connectivity index (χ3v) is 2.94. The van der Waals surface area contributed by atoms with E-state index in [-0.39, 0.29) is 5.97 Å². The third kappa shape index (κ3) is 2.22. The summed E-state index contributed by atoms with van der Waals surface area (Å²) in [5.74, 6) is 0.257. The van der Waals surface area contributed by atoms with E-state index in [1.165, 1.54) is 6.92 Å². The molecular weight excluding hydrogens is 238 g/mol. The van der Waals surface area contributed by atoms with Crippen LogP contribution in [-0.4, -0.2) is 10.4 Å². The Balaban J connectivity index is 2.15. The number of carbonyl (C=O) groups is 1. The summed E-state index contributed by atoms with van der Waals surface area (Å²) >= 11 is 0. The zero-order valence-corrected chi connectivity index (χ0v) is 10.5. The molecule has 1 aromatic carbocycles. The van der Waals surface area contributed by atoms with Crippen molar-refractivity contribution in [2.45, 2.75) is 6.92 Å². The van der Waals surface area contributed by atoms with Crippen LogP contribution in [0.1, 0.15) is 6.92 Å². The van der Waals surface area contributed by atoms with Crippen LogP contribution >= 0.6 is 0 Å². The van der Waals surface area contributed by atoms with E-state index in [9.17, 15) is 4.79 Å². The van der Waals surface area contributed by atoms with E-state index in [0.29, 0.717) is 5.75 Å². The molecule has 2 aromatic heterocycles. The minimum atomic E-state index is -0.308. The molecule has 3 nitrogen and oxygen atoms in total. The van der Waals surface area contributed by atoms with Crippen LogP contribution in [0.15, 0.2) is 60.8 Å². The molecule has 3 heteroatoms. The first-order chi connectivity index (χ1) is 9.24. The number of benzene rings is 1. The standard InChI is InChI=1S/C16H13NO2/c1-12(18)19-15-10-14-8-5-9-16(17(14)11-15)13-6-3-2-4-7-13/h2-11H,1H3. The topological polar surface area (TPSA) is 30.7 Å². The lowest BCUT2D eigenvalue weighted by Crippen LogP contribution is -1.99. The number of rotatable bonds is 2.